The lowest BCUT2D eigenvalue weighted by molar-refractivity contribution is -0.130. The molecule has 3 amide bonds. The van der Waals surface area contributed by atoms with Crippen LogP contribution in [0.3, 0.4) is 0 Å². The summed E-state index contributed by atoms with van der Waals surface area (Å²) in [5, 5.41) is 95.3. The summed E-state index contributed by atoms with van der Waals surface area (Å²) in [4.78, 5) is 56.1. The molecule has 790 valence electrons. The molecule has 11 aromatic heterocycles. The molecule has 6 aliphatic heterocycles. The number of ether oxygens (including phenoxy) is 2. The van der Waals surface area contributed by atoms with E-state index in [9.17, 15) is 29.4 Å². The topological polar surface area (TPSA) is 392 Å². The molecule has 0 aromatic carbocycles. The average molecular weight is 2070 g/mol. The Hall–Kier alpha value is -9.32. The third-order valence-electron chi connectivity index (χ3n) is 25.7. The highest BCUT2D eigenvalue weighted by Gasteiger charge is 2.46. The second kappa shape index (κ2) is 59.5. The van der Waals surface area contributed by atoms with E-state index in [1.54, 1.807) is 32.5 Å². The van der Waals surface area contributed by atoms with Gasteiger partial charge in [0.2, 0.25) is 20.9 Å². The molecule has 1 aliphatic carbocycles. The normalized spacial score (nSPS) is 18.1. The van der Waals surface area contributed by atoms with Crippen molar-refractivity contribution in [3.63, 3.8) is 0 Å². The van der Waals surface area contributed by atoms with Crippen molar-refractivity contribution in [1.82, 2.24) is 130 Å². The number of β-amino-alcohol motifs (C(OH)–C–C–N with tert-alkyl or cyclic N) is 2. The van der Waals surface area contributed by atoms with E-state index < -0.39 is 5.97 Å². The monoisotopic (exact) mass is 2070 g/mol. The molecule has 18 rings (SSSR count). The van der Waals surface area contributed by atoms with E-state index in [1.807, 2.05) is 140 Å². The van der Waals surface area contributed by atoms with E-state index in [2.05, 4.69) is 252 Å². The van der Waals surface area contributed by atoms with Crippen LogP contribution in [0.1, 0.15) is 435 Å². The third kappa shape index (κ3) is 38.5. The summed E-state index contributed by atoms with van der Waals surface area (Å²) in [5.41, 5.74) is 9.02. The number of hydrogen-bond donors (Lipinski definition) is 4. The Bertz CT molecular complexity index is 5150. The van der Waals surface area contributed by atoms with Gasteiger partial charge in [0, 0.05) is 151 Å². The van der Waals surface area contributed by atoms with E-state index >= 15 is 0 Å². The standard InChI is InChI=1S/C16H25N3O.C11H19N3.C11H18N2O.2C10H15N3O2S.C10H17N3S.C9H13N.C7H10N2O2S.2C7H12N2.C6H10N2S/c1-12(2)13-10-17-19(11-13)14-4-7-16(8-5-14)9-6-15(20)18(16)3;1-9(2)10-7-13-14(8-10)11-3-5-12-6-4-11;1-9(2)10-7-12-13(8-10)11-3-5-14-6-4-11;2*1-6(2)8-11-12-9(16-8)10(15)13-4-3-7(14)5-13;1-7(2)9-12-13-10(14-9)8-3-5-11-6-4-8;1-7(2)9-5-4-8(3)10-6-9;1-4(2)5-8-9-6(12-5)7(10)11-3;1-6(2)7-4-8-9(3)5-7;1-6(2)7-4-5-9(3)8-7;1-4(2)6-8-7-5(3)9-6/h10-12,14H,4-9H2,1-3H3;7-9,11-12H,3-6H2,1-2H3;7-9,11H,3-6H2,1-2H3;2*6-7,14H,3-5H2,1-2H3;7-8,11H,3-6H2,1-2H3;4-7H,1-3H3;4H,1-3H3;2*4-6H,1-3H3;4H,1-3H3/t;;;2*7-;;;;;;/m...10....../s1. The number of rotatable bonds is 18. The van der Waals surface area contributed by atoms with Crippen LogP contribution in [-0.2, 0) is 28.4 Å². The zero-order valence-corrected chi connectivity index (χ0v) is 94.5. The van der Waals surface area contributed by atoms with Gasteiger partial charge in [-0.1, -0.05) is 192 Å². The van der Waals surface area contributed by atoms with Gasteiger partial charge in [0.15, 0.2) is 0 Å². The van der Waals surface area contributed by atoms with Gasteiger partial charge in [-0.3, -0.25) is 42.8 Å². The van der Waals surface area contributed by atoms with E-state index in [-0.39, 0.29) is 29.6 Å². The van der Waals surface area contributed by atoms with Crippen molar-refractivity contribution < 1.29 is 38.9 Å². The fourth-order valence-electron chi connectivity index (χ4n) is 15.9. The second-order valence-corrected chi connectivity index (χ2v) is 46.4. The Labute approximate surface area is 869 Å². The first-order valence-electron chi connectivity index (χ1n) is 51.4. The van der Waals surface area contributed by atoms with Crippen molar-refractivity contribution in [3.05, 3.63) is 169 Å². The van der Waals surface area contributed by atoms with Crippen LogP contribution in [-0.4, -0.2) is 251 Å². The largest absolute Gasteiger partial charge is 0.464 e. The fraction of sp³-hybridized carbons (Fsp3) is 0.673. The summed E-state index contributed by atoms with van der Waals surface area (Å²) in [7, 11) is 7.19. The minimum atomic E-state index is -0.417. The van der Waals surface area contributed by atoms with Crippen LogP contribution in [0.5, 0.6) is 0 Å². The van der Waals surface area contributed by atoms with Gasteiger partial charge in [-0.2, -0.15) is 25.5 Å². The molecule has 1 saturated carbocycles. The van der Waals surface area contributed by atoms with E-state index in [0.29, 0.717) is 149 Å². The Balaban J connectivity index is 0.000000194. The first kappa shape index (κ1) is 119. The van der Waals surface area contributed by atoms with E-state index in [1.165, 1.54) is 105 Å². The number of esters is 1. The fourth-order valence-corrected chi connectivity index (χ4v) is 20.0. The first-order chi connectivity index (χ1) is 67.9. The molecular formula is C104H166N26O8S5. The summed E-state index contributed by atoms with van der Waals surface area (Å²) in [5.74, 6) is 5.71. The number of hydrogen-bond acceptors (Lipinski definition) is 31. The first-order valence-corrected chi connectivity index (χ1v) is 55.5. The number of carbonyl (C=O) groups excluding carboxylic acids is 4. The van der Waals surface area contributed by atoms with Crippen LogP contribution >= 0.6 is 56.7 Å². The molecule has 1 spiro atoms. The smallest absolute Gasteiger partial charge is 0.369 e. The quantitative estimate of drug-likeness (QED) is 0.0580. The number of aryl methyl sites for hydroxylation is 4. The van der Waals surface area contributed by atoms with Gasteiger partial charge in [-0.25, -0.2) is 4.79 Å². The van der Waals surface area contributed by atoms with Crippen molar-refractivity contribution in [3.8, 4) is 0 Å². The van der Waals surface area contributed by atoms with Crippen LogP contribution in [0.15, 0.2) is 80.2 Å². The number of carbonyl (C=O) groups is 4. The number of nitrogens with zero attached hydrogens (tertiary/aromatic N) is 24. The number of aliphatic hydroxyl groups excluding tert-OH is 2. The van der Waals surface area contributed by atoms with Gasteiger partial charge in [0.1, 0.15) is 35.1 Å². The number of pyridine rings is 1. The molecule has 4 N–H and O–H groups in total. The number of aromatic nitrogens is 21. The zero-order valence-electron chi connectivity index (χ0n) is 90.4. The molecule has 6 saturated heterocycles. The van der Waals surface area contributed by atoms with Crippen molar-refractivity contribution in [2.24, 2.45) is 14.1 Å². The molecule has 0 bridgehead atoms. The van der Waals surface area contributed by atoms with Crippen molar-refractivity contribution >= 4 is 80.4 Å². The number of piperidine rings is 2. The maximum absolute atomic E-state index is 12.0. The van der Waals surface area contributed by atoms with E-state index in [4.69, 9.17) is 4.74 Å². The Morgan fingerprint density at radius 2 is 0.832 bits per heavy atom. The minimum absolute atomic E-state index is 0.110. The molecule has 17 heterocycles. The van der Waals surface area contributed by atoms with Crippen molar-refractivity contribution in [2.75, 3.05) is 79.7 Å². The molecule has 39 heteroatoms. The Morgan fingerprint density at radius 1 is 0.427 bits per heavy atom. The highest BCUT2D eigenvalue weighted by molar-refractivity contribution is 7.14. The molecule has 7 aliphatic rings. The number of nitrogens with one attached hydrogen (secondary N) is 2. The summed E-state index contributed by atoms with van der Waals surface area (Å²) in [6, 6.07) is 7.91. The van der Waals surface area contributed by atoms with E-state index in [0.717, 1.165) is 127 Å². The number of likely N-dealkylation sites (tertiary alicyclic amines) is 3. The van der Waals surface area contributed by atoms with Crippen molar-refractivity contribution in [2.45, 2.75) is 363 Å². The molecule has 11 aromatic rings. The van der Waals surface area contributed by atoms with Crippen LogP contribution in [0.4, 0.5) is 0 Å². The lowest BCUT2D eigenvalue weighted by atomic mass is 9.78. The predicted octanol–water partition coefficient (Wildman–Crippen LogP) is 20.3. The molecule has 2 atom stereocenters. The SMILES string of the molecule is CC(C)c1ccn(C)n1.CC(C)c1cnn(C)c1.CC(C)c1cnn(C2CCC3(CCC(=O)N3C)CC2)c1.CC(C)c1cnn(C2CCNCC2)c1.CC(C)c1cnn(C2CCOCC2)c1.CC(C)c1nnc(C(=O)N2CC[C@@H](O)C2)s1.CC(C)c1nnc(C(=O)N2CC[C@H](O)C2)s1.CC(C)c1nnc(C2CCNCC2)s1.COC(=O)c1nnc(C(C)C)s1.Cc1ccc(C(C)C)cn1.Cc1nnc(C(C)C)s1. The average Bonchev–Trinajstić information content (AvgIpc) is 1.64. The summed E-state index contributed by atoms with van der Waals surface area (Å²) in [6.45, 7) is 59.2. The van der Waals surface area contributed by atoms with Crippen LogP contribution in [0.2, 0.25) is 0 Å². The lowest BCUT2D eigenvalue weighted by Crippen LogP contribution is -2.46. The summed E-state index contributed by atoms with van der Waals surface area (Å²) >= 11 is 7.43. The summed E-state index contributed by atoms with van der Waals surface area (Å²) < 4.78 is 19.9. The Morgan fingerprint density at radius 3 is 1.16 bits per heavy atom. The molecule has 0 unspecified atom stereocenters. The van der Waals surface area contributed by atoms with Gasteiger partial charge >= 0.3 is 5.97 Å². The zero-order chi connectivity index (χ0) is 105. The number of amides is 3. The van der Waals surface area contributed by atoms with Gasteiger partial charge in [0.05, 0.1) is 67.9 Å². The minimum Gasteiger partial charge on any atom is -0.464 e. The van der Waals surface area contributed by atoms with Crippen LogP contribution in [0.25, 0.3) is 0 Å². The maximum atomic E-state index is 12.0. The second-order valence-electron chi connectivity index (χ2n) is 41.2. The molecule has 7 fully saturated rings. The number of methoxy groups -OCH3 is 1. The Kier molecular flexibility index (Phi) is 49.5. The van der Waals surface area contributed by atoms with Crippen LogP contribution in [0, 0.1) is 13.8 Å². The van der Waals surface area contributed by atoms with Gasteiger partial charge < -0.3 is 45.0 Å². The highest BCUT2D eigenvalue weighted by Crippen LogP contribution is 2.45. The highest BCUT2D eigenvalue weighted by atomic mass is 32.1. The van der Waals surface area contributed by atoms with Crippen LogP contribution < -0.4 is 10.6 Å². The number of aliphatic hydroxyl groups is 2. The molecule has 0 radical (unpaired) electrons. The predicted molar refractivity (Wildman–Crippen MR) is 573 cm³/mol. The molecular weight excluding hydrogens is 1900 g/mol. The summed E-state index contributed by atoms with van der Waals surface area (Å²) in [6.07, 6.45) is 34.3. The molecule has 143 heavy (non-hydrogen) atoms. The van der Waals surface area contributed by atoms with Gasteiger partial charge in [-0.05, 0) is 199 Å². The molecule has 34 nitrogen and oxygen atoms in total. The van der Waals surface area contributed by atoms with Gasteiger partial charge in [0.25, 0.3) is 11.8 Å². The van der Waals surface area contributed by atoms with Gasteiger partial charge in [-0.15, -0.1) is 73.7 Å². The lowest BCUT2D eigenvalue weighted by Gasteiger charge is -2.42. The van der Waals surface area contributed by atoms with Crippen molar-refractivity contribution in [1.29, 1.82) is 0 Å². The third-order valence-corrected chi connectivity index (χ3v) is 31.8. The maximum Gasteiger partial charge on any atom is 0.369 e.